The smallest absolute Gasteiger partial charge is 0.329 e. The molecule has 0 saturated carbocycles. The Morgan fingerprint density at radius 2 is 1.65 bits per heavy atom. The molecule has 0 aliphatic rings. The summed E-state index contributed by atoms with van der Waals surface area (Å²) in [4.78, 5) is 35.3. The predicted molar refractivity (Wildman–Crippen MR) is 120 cm³/mol. The van der Waals surface area contributed by atoms with E-state index in [2.05, 4.69) is 21.2 Å². The topological polar surface area (TPSA) is 109 Å². The van der Waals surface area contributed by atoms with Crippen LogP contribution in [0, 0.1) is 19.8 Å². The summed E-state index contributed by atoms with van der Waals surface area (Å²) in [5, 5.41) is 9.08. The molecule has 3 N–H and O–H groups in total. The Kier molecular flexibility index (Phi) is 8.75. The summed E-state index contributed by atoms with van der Waals surface area (Å²) in [5.74, 6) is -1.04. The van der Waals surface area contributed by atoms with Crippen molar-refractivity contribution in [3.63, 3.8) is 0 Å². The van der Waals surface area contributed by atoms with E-state index in [9.17, 15) is 14.4 Å². The van der Waals surface area contributed by atoms with Crippen molar-refractivity contribution in [2.75, 3.05) is 18.5 Å². The second-order valence-electron chi connectivity index (χ2n) is 7.59. The van der Waals surface area contributed by atoms with Crippen molar-refractivity contribution < 1.29 is 19.1 Å². The Hall–Kier alpha value is -3.68. The van der Waals surface area contributed by atoms with Gasteiger partial charge in [0.1, 0.15) is 5.75 Å². The summed E-state index contributed by atoms with van der Waals surface area (Å²) in [6.07, 6.45) is 1.41. The Balaban J connectivity index is 1.78. The lowest BCUT2D eigenvalue weighted by molar-refractivity contribution is -0.139. The second kappa shape index (κ2) is 11.5. The minimum absolute atomic E-state index is 0.123. The van der Waals surface area contributed by atoms with E-state index in [4.69, 9.17) is 4.74 Å². The maximum absolute atomic E-state index is 12.1. The fourth-order valence-electron chi connectivity index (χ4n) is 2.64. The van der Waals surface area contributed by atoms with E-state index < -0.39 is 11.8 Å². The number of rotatable bonds is 8. The van der Waals surface area contributed by atoms with Crippen LogP contribution in [-0.2, 0) is 14.4 Å². The lowest BCUT2D eigenvalue weighted by atomic mass is 10.1. The molecule has 0 fully saturated rings. The Morgan fingerprint density at radius 3 is 2.26 bits per heavy atom. The molecule has 0 unspecified atom stereocenters. The van der Waals surface area contributed by atoms with E-state index in [1.54, 1.807) is 24.3 Å². The first kappa shape index (κ1) is 23.6. The molecular formula is C23H28N4O4. The molecule has 2 aromatic rings. The first-order valence-electron chi connectivity index (χ1n) is 9.95. The minimum atomic E-state index is -0.827. The highest BCUT2D eigenvalue weighted by molar-refractivity contribution is 6.35. The number of benzene rings is 2. The third kappa shape index (κ3) is 8.69. The van der Waals surface area contributed by atoms with Crippen molar-refractivity contribution in [1.29, 1.82) is 0 Å². The molecule has 0 aromatic heterocycles. The van der Waals surface area contributed by atoms with Crippen molar-refractivity contribution >= 4 is 29.6 Å². The van der Waals surface area contributed by atoms with Crippen molar-refractivity contribution in [2.45, 2.75) is 27.7 Å². The Labute approximate surface area is 182 Å². The highest BCUT2D eigenvalue weighted by atomic mass is 16.5. The molecule has 0 aliphatic heterocycles. The summed E-state index contributed by atoms with van der Waals surface area (Å²) in [6.45, 7) is 8.10. The minimum Gasteiger partial charge on any atom is -0.484 e. The van der Waals surface area contributed by atoms with E-state index in [-0.39, 0.29) is 18.4 Å². The van der Waals surface area contributed by atoms with Crippen molar-refractivity contribution in [3.05, 3.63) is 59.2 Å². The van der Waals surface area contributed by atoms with Crippen LogP contribution in [0.4, 0.5) is 5.69 Å². The molecule has 164 valence electrons. The van der Waals surface area contributed by atoms with Crippen LogP contribution in [0.25, 0.3) is 0 Å². The first-order chi connectivity index (χ1) is 14.7. The number of anilines is 1. The van der Waals surface area contributed by atoms with Gasteiger partial charge in [-0.2, -0.15) is 5.10 Å². The largest absolute Gasteiger partial charge is 0.484 e. The molecule has 0 saturated heterocycles. The molecule has 2 aromatic carbocycles. The molecule has 0 radical (unpaired) electrons. The van der Waals surface area contributed by atoms with Gasteiger partial charge in [-0.1, -0.05) is 19.9 Å². The summed E-state index contributed by atoms with van der Waals surface area (Å²) >= 11 is 0. The van der Waals surface area contributed by atoms with Gasteiger partial charge in [0.25, 0.3) is 5.91 Å². The number of amides is 3. The molecule has 2 rings (SSSR count). The zero-order valence-electron chi connectivity index (χ0n) is 18.2. The van der Waals surface area contributed by atoms with Gasteiger partial charge in [-0.05, 0) is 72.9 Å². The number of hydrazone groups is 1. The first-order valence-corrected chi connectivity index (χ1v) is 9.95. The van der Waals surface area contributed by atoms with Crippen LogP contribution in [0.1, 0.15) is 30.5 Å². The van der Waals surface area contributed by atoms with Gasteiger partial charge in [0, 0.05) is 12.2 Å². The SMILES string of the molecule is Cc1cc(C)cc(NC(=O)COc2ccc(/C=N\NC(=O)C(=O)NCC(C)C)cc2)c1. The Bertz CT molecular complexity index is 932. The quantitative estimate of drug-likeness (QED) is 0.344. The van der Waals surface area contributed by atoms with Gasteiger partial charge >= 0.3 is 11.8 Å². The zero-order valence-corrected chi connectivity index (χ0v) is 18.2. The molecule has 8 heteroatoms. The Morgan fingerprint density at radius 1 is 1.00 bits per heavy atom. The number of hydrogen-bond acceptors (Lipinski definition) is 5. The highest BCUT2D eigenvalue weighted by Gasteiger charge is 2.12. The van der Waals surface area contributed by atoms with Gasteiger partial charge in [-0.3, -0.25) is 14.4 Å². The standard InChI is InChI=1S/C23H28N4O4/c1-15(2)12-24-22(29)23(30)27-25-13-18-5-7-20(8-6-18)31-14-21(28)26-19-10-16(3)9-17(4)11-19/h5-11,13,15H,12,14H2,1-4H3,(H,24,29)(H,26,28)(H,27,30)/b25-13-. The van der Waals surface area contributed by atoms with Crippen LogP contribution in [-0.4, -0.2) is 37.1 Å². The van der Waals surface area contributed by atoms with E-state index in [0.29, 0.717) is 17.9 Å². The van der Waals surface area contributed by atoms with Gasteiger partial charge in [-0.25, -0.2) is 5.43 Å². The summed E-state index contributed by atoms with van der Waals surface area (Å²) < 4.78 is 5.50. The van der Waals surface area contributed by atoms with Gasteiger partial charge in [-0.15, -0.1) is 0 Å². The van der Waals surface area contributed by atoms with Crippen molar-refractivity contribution in [2.24, 2.45) is 11.0 Å². The van der Waals surface area contributed by atoms with Crippen LogP contribution in [0.2, 0.25) is 0 Å². The van der Waals surface area contributed by atoms with E-state index in [1.165, 1.54) is 6.21 Å². The fourth-order valence-corrected chi connectivity index (χ4v) is 2.64. The molecule has 0 spiro atoms. The summed E-state index contributed by atoms with van der Waals surface area (Å²) in [6, 6.07) is 12.6. The number of carbonyl (C=O) groups excluding carboxylic acids is 3. The normalized spacial score (nSPS) is 10.7. The van der Waals surface area contributed by atoms with Crippen LogP contribution in [0.3, 0.4) is 0 Å². The van der Waals surface area contributed by atoms with E-state index in [1.807, 2.05) is 45.9 Å². The second-order valence-corrected chi connectivity index (χ2v) is 7.59. The predicted octanol–water partition coefficient (Wildman–Crippen LogP) is 2.54. The molecule has 3 amide bonds. The molecule has 8 nitrogen and oxygen atoms in total. The van der Waals surface area contributed by atoms with Crippen molar-refractivity contribution in [1.82, 2.24) is 10.7 Å². The molecular weight excluding hydrogens is 396 g/mol. The van der Waals surface area contributed by atoms with E-state index >= 15 is 0 Å². The number of hydrogen-bond donors (Lipinski definition) is 3. The average Bonchev–Trinajstić information content (AvgIpc) is 2.70. The molecule has 31 heavy (non-hydrogen) atoms. The van der Waals surface area contributed by atoms with Crippen LogP contribution < -0.4 is 20.8 Å². The third-order valence-electron chi connectivity index (χ3n) is 4.01. The molecule has 0 aliphatic carbocycles. The van der Waals surface area contributed by atoms with Crippen LogP contribution >= 0.6 is 0 Å². The van der Waals surface area contributed by atoms with Crippen molar-refractivity contribution in [3.8, 4) is 5.75 Å². The van der Waals surface area contributed by atoms with Crippen LogP contribution in [0.15, 0.2) is 47.6 Å². The summed E-state index contributed by atoms with van der Waals surface area (Å²) in [7, 11) is 0. The number of nitrogens with zero attached hydrogens (tertiary/aromatic N) is 1. The van der Waals surface area contributed by atoms with Gasteiger partial charge in [0.05, 0.1) is 6.21 Å². The zero-order chi connectivity index (χ0) is 22.8. The maximum atomic E-state index is 12.1. The summed E-state index contributed by atoms with van der Waals surface area (Å²) in [5.41, 5.74) is 5.74. The number of carbonyl (C=O) groups is 3. The lowest BCUT2D eigenvalue weighted by Crippen LogP contribution is -2.39. The maximum Gasteiger partial charge on any atom is 0.329 e. The van der Waals surface area contributed by atoms with Gasteiger partial charge in [0.2, 0.25) is 0 Å². The van der Waals surface area contributed by atoms with Gasteiger partial charge in [0.15, 0.2) is 6.61 Å². The van der Waals surface area contributed by atoms with Crippen LogP contribution in [0.5, 0.6) is 5.75 Å². The number of ether oxygens (including phenoxy) is 1. The molecule has 0 bridgehead atoms. The highest BCUT2D eigenvalue weighted by Crippen LogP contribution is 2.14. The average molecular weight is 425 g/mol. The third-order valence-corrected chi connectivity index (χ3v) is 4.01. The molecule has 0 heterocycles. The van der Waals surface area contributed by atoms with Gasteiger partial charge < -0.3 is 15.4 Å². The fraction of sp³-hybridized carbons (Fsp3) is 0.304. The lowest BCUT2D eigenvalue weighted by Gasteiger charge is -2.09. The number of aryl methyl sites for hydroxylation is 2. The molecule has 0 atom stereocenters. The van der Waals surface area contributed by atoms with E-state index in [0.717, 1.165) is 16.8 Å². The monoisotopic (exact) mass is 424 g/mol. The number of nitrogens with one attached hydrogen (secondary N) is 3.